The topological polar surface area (TPSA) is 81.1 Å². The summed E-state index contributed by atoms with van der Waals surface area (Å²) >= 11 is 0. The van der Waals surface area contributed by atoms with Crippen LogP contribution < -0.4 is 16.8 Å². The Morgan fingerprint density at radius 1 is 1.64 bits per heavy atom. The van der Waals surface area contributed by atoms with Crippen LogP contribution in [0.4, 0.5) is 0 Å². The van der Waals surface area contributed by atoms with E-state index in [1.165, 1.54) is 12.8 Å². The molecule has 0 aromatic rings. The number of carbonyl (C=O) groups excluding carboxylic acids is 1. The fourth-order valence-corrected chi connectivity index (χ4v) is 0.866. The number of primary amides is 1. The lowest BCUT2D eigenvalue weighted by Crippen LogP contribution is -2.44. The van der Waals surface area contributed by atoms with E-state index in [1.807, 2.05) is 0 Å². The molecule has 1 aliphatic carbocycles. The average molecular weight is 157 g/mol. The van der Waals surface area contributed by atoms with Gasteiger partial charge in [0.1, 0.15) is 0 Å². The molecule has 1 amide bonds. The summed E-state index contributed by atoms with van der Waals surface area (Å²) in [5, 5.41) is 3.10. The average Bonchev–Trinajstić information content (AvgIpc) is 2.71. The van der Waals surface area contributed by atoms with Gasteiger partial charge in [0, 0.05) is 6.54 Å². The molecule has 0 bridgehead atoms. The van der Waals surface area contributed by atoms with E-state index >= 15 is 0 Å². The van der Waals surface area contributed by atoms with E-state index < -0.39 is 11.9 Å². The van der Waals surface area contributed by atoms with Crippen LogP contribution in [-0.2, 0) is 4.79 Å². The SMILES string of the molecule is NC(=O)C(N)CNCC1CC1. The molecule has 0 saturated heterocycles. The number of hydrogen-bond donors (Lipinski definition) is 3. The second kappa shape index (κ2) is 3.69. The van der Waals surface area contributed by atoms with Crippen molar-refractivity contribution in [3.8, 4) is 0 Å². The predicted octanol–water partition coefficient (Wildman–Crippen LogP) is -1.20. The fraction of sp³-hybridized carbons (Fsp3) is 0.857. The lowest BCUT2D eigenvalue weighted by Gasteiger charge is -2.07. The van der Waals surface area contributed by atoms with E-state index in [0.717, 1.165) is 12.5 Å². The van der Waals surface area contributed by atoms with Gasteiger partial charge in [-0.2, -0.15) is 0 Å². The van der Waals surface area contributed by atoms with E-state index in [4.69, 9.17) is 11.5 Å². The maximum absolute atomic E-state index is 10.4. The molecule has 1 aliphatic rings. The molecule has 1 atom stereocenters. The van der Waals surface area contributed by atoms with Crippen molar-refractivity contribution in [3.05, 3.63) is 0 Å². The lowest BCUT2D eigenvalue weighted by molar-refractivity contribution is -0.119. The Hall–Kier alpha value is -0.610. The highest BCUT2D eigenvalue weighted by molar-refractivity contribution is 5.79. The summed E-state index contributed by atoms with van der Waals surface area (Å²) in [6.07, 6.45) is 2.61. The molecule has 1 unspecified atom stereocenters. The number of amides is 1. The number of rotatable bonds is 5. The molecule has 0 radical (unpaired) electrons. The maximum atomic E-state index is 10.4. The van der Waals surface area contributed by atoms with Gasteiger partial charge in [-0.3, -0.25) is 4.79 Å². The first-order valence-corrected chi connectivity index (χ1v) is 3.95. The van der Waals surface area contributed by atoms with Crippen molar-refractivity contribution in [1.82, 2.24) is 5.32 Å². The zero-order valence-electron chi connectivity index (χ0n) is 6.55. The third-order valence-corrected chi connectivity index (χ3v) is 1.86. The van der Waals surface area contributed by atoms with Crippen LogP contribution in [0.5, 0.6) is 0 Å². The van der Waals surface area contributed by atoms with Crippen molar-refractivity contribution in [3.63, 3.8) is 0 Å². The Balaban J connectivity index is 1.96. The monoisotopic (exact) mass is 157 g/mol. The Morgan fingerprint density at radius 2 is 2.27 bits per heavy atom. The minimum atomic E-state index is -0.534. The van der Waals surface area contributed by atoms with Gasteiger partial charge < -0.3 is 16.8 Å². The van der Waals surface area contributed by atoms with Gasteiger partial charge in [-0.05, 0) is 25.3 Å². The van der Waals surface area contributed by atoms with Crippen molar-refractivity contribution in [2.24, 2.45) is 17.4 Å². The Bertz CT molecular complexity index is 145. The maximum Gasteiger partial charge on any atom is 0.235 e. The summed E-state index contributed by atoms with van der Waals surface area (Å²) in [7, 11) is 0. The van der Waals surface area contributed by atoms with E-state index in [1.54, 1.807) is 0 Å². The first-order valence-electron chi connectivity index (χ1n) is 3.95. The Labute approximate surface area is 66.3 Å². The van der Waals surface area contributed by atoms with Crippen molar-refractivity contribution >= 4 is 5.91 Å². The molecular formula is C7H15N3O. The van der Waals surface area contributed by atoms with Crippen LogP contribution in [0.25, 0.3) is 0 Å². The van der Waals surface area contributed by atoms with Gasteiger partial charge in [0.05, 0.1) is 6.04 Å². The number of hydrogen-bond acceptors (Lipinski definition) is 3. The summed E-state index contributed by atoms with van der Waals surface area (Å²) in [5.41, 5.74) is 10.4. The van der Waals surface area contributed by atoms with Crippen LogP contribution in [0.15, 0.2) is 0 Å². The molecule has 1 saturated carbocycles. The van der Waals surface area contributed by atoms with Gasteiger partial charge in [-0.1, -0.05) is 0 Å². The minimum absolute atomic E-state index is 0.437. The summed E-state index contributed by atoms with van der Waals surface area (Å²) in [6, 6.07) is -0.534. The lowest BCUT2D eigenvalue weighted by atomic mass is 10.3. The van der Waals surface area contributed by atoms with Crippen LogP contribution >= 0.6 is 0 Å². The van der Waals surface area contributed by atoms with Gasteiger partial charge in [0.2, 0.25) is 5.91 Å². The molecule has 4 nitrogen and oxygen atoms in total. The van der Waals surface area contributed by atoms with Crippen LogP contribution in [0.1, 0.15) is 12.8 Å². The van der Waals surface area contributed by atoms with Crippen LogP contribution in [-0.4, -0.2) is 25.0 Å². The highest BCUT2D eigenvalue weighted by Crippen LogP contribution is 2.27. The third-order valence-electron chi connectivity index (χ3n) is 1.86. The molecular weight excluding hydrogens is 142 g/mol. The summed E-state index contributed by atoms with van der Waals surface area (Å²) in [6.45, 7) is 1.48. The normalized spacial score (nSPS) is 19.7. The highest BCUT2D eigenvalue weighted by atomic mass is 16.1. The van der Waals surface area contributed by atoms with E-state index in [0.29, 0.717) is 6.54 Å². The molecule has 0 spiro atoms. The van der Waals surface area contributed by atoms with Crippen LogP contribution in [0.2, 0.25) is 0 Å². The summed E-state index contributed by atoms with van der Waals surface area (Å²) in [4.78, 5) is 10.4. The zero-order valence-corrected chi connectivity index (χ0v) is 6.55. The van der Waals surface area contributed by atoms with Gasteiger partial charge in [0.15, 0.2) is 0 Å². The highest BCUT2D eigenvalue weighted by Gasteiger charge is 2.20. The van der Waals surface area contributed by atoms with E-state index in [-0.39, 0.29) is 0 Å². The van der Waals surface area contributed by atoms with Crippen molar-refractivity contribution in [2.75, 3.05) is 13.1 Å². The van der Waals surface area contributed by atoms with E-state index in [2.05, 4.69) is 5.32 Å². The van der Waals surface area contributed by atoms with Crippen LogP contribution in [0.3, 0.4) is 0 Å². The second-order valence-electron chi connectivity index (χ2n) is 3.11. The molecule has 64 valence electrons. The zero-order chi connectivity index (χ0) is 8.27. The quantitative estimate of drug-likeness (QED) is 0.469. The molecule has 1 fully saturated rings. The van der Waals surface area contributed by atoms with Gasteiger partial charge in [-0.15, -0.1) is 0 Å². The van der Waals surface area contributed by atoms with Crippen LogP contribution in [0, 0.1) is 5.92 Å². The van der Waals surface area contributed by atoms with Gasteiger partial charge in [0.25, 0.3) is 0 Å². The van der Waals surface area contributed by atoms with Crippen molar-refractivity contribution < 1.29 is 4.79 Å². The number of carbonyl (C=O) groups is 1. The summed E-state index contributed by atoms with van der Waals surface area (Å²) in [5.74, 6) is 0.378. The molecule has 0 heterocycles. The molecule has 0 aromatic carbocycles. The molecule has 0 aromatic heterocycles. The van der Waals surface area contributed by atoms with Crippen molar-refractivity contribution in [2.45, 2.75) is 18.9 Å². The summed E-state index contributed by atoms with van der Waals surface area (Å²) < 4.78 is 0. The standard InChI is InChI=1S/C7H15N3O/c8-6(7(9)11)4-10-3-5-1-2-5/h5-6,10H,1-4,8H2,(H2,9,11). The Kier molecular flexibility index (Phi) is 2.84. The fourth-order valence-electron chi connectivity index (χ4n) is 0.866. The first kappa shape index (κ1) is 8.49. The molecule has 11 heavy (non-hydrogen) atoms. The molecule has 1 rings (SSSR count). The first-order chi connectivity index (χ1) is 5.20. The van der Waals surface area contributed by atoms with Crippen molar-refractivity contribution in [1.29, 1.82) is 0 Å². The van der Waals surface area contributed by atoms with Gasteiger partial charge >= 0.3 is 0 Å². The van der Waals surface area contributed by atoms with Gasteiger partial charge in [-0.25, -0.2) is 0 Å². The predicted molar refractivity (Wildman–Crippen MR) is 42.8 cm³/mol. The Morgan fingerprint density at radius 3 is 2.73 bits per heavy atom. The second-order valence-corrected chi connectivity index (χ2v) is 3.11. The molecule has 4 heteroatoms. The molecule has 0 aliphatic heterocycles. The smallest absolute Gasteiger partial charge is 0.235 e. The third kappa shape index (κ3) is 3.34. The molecule has 5 N–H and O–H groups in total. The van der Waals surface area contributed by atoms with E-state index in [9.17, 15) is 4.79 Å². The number of nitrogens with two attached hydrogens (primary N) is 2. The number of nitrogens with one attached hydrogen (secondary N) is 1. The largest absolute Gasteiger partial charge is 0.368 e. The minimum Gasteiger partial charge on any atom is -0.368 e.